The van der Waals surface area contributed by atoms with Crippen LogP contribution in [-0.4, -0.2) is 11.8 Å². The quantitative estimate of drug-likeness (QED) is 0.853. The molecule has 2 aliphatic rings. The normalized spacial score (nSPS) is 27.4. The van der Waals surface area contributed by atoms with E-state index in [-0.39, 0.29) is 0 Å². The highest BCUT2D eigenvalue weighted by molar-refractivity contribution is 8.02. The third-order valence-corrected chi connectivity index (χ3v) is 3.80. The molecule has 82 valence electrons. The summed E-state index contributed by atoms with van der Waals surface area (Å²) in [5.74, 6) is 1.81. The summed E-state index contributed by atoms with van der Waals surface area (Å²) in [6, 6.07) is 11.4. The molecule has 0 amide bonds. The van der Waals surface area contributed by atoms with E-state index in [4.69, 9.17) is 0 Å². The van der Waals surface area contributed by atoms with Crippen LogP contribution in [0.3, 0.4) is 0 Å². The summed E-state index contributed by atoms with van der Waals surface area (Å²) in [5.41, 5.74) is 2.76. The van der Waals surface area contributed by atoms with Crippen molar-refractivity contribution < 1.29 is 0 Å². The molecular weight excluding hydrogens is 214 g/mol. The molecular formula is C14H15NS. The number of hydrogen-bond donors (Lipinski definition) is 1. The van der Waals surface area contributed by atoms with Crippen molar-refractivity contribution in [3.8, 4) is 0 Å². The highest BCUT2D eigenvalue weighted by atomic mass is 32.2. The first-order valence-electron chi connectivity index (χ1n) is 5.73. The minimum Gasteiger partial charge on any atom is -0.382 e. The van der Waals surface area contributed by atoms with E-state index in [2.05, 4.69) is 53.2 Å². The summed E-state index contributed by atoms with van der Waals surface area (Å²) in [6.45, 7) is 0. The fourth-order valence-corrected chi connectivity index (χ4v) is 2.76. The Labute approximate surface area is 101 Å². The highest BCUT2D eigenvalue weighted by Crippen LogP contribution is 2.41. The van der Waals surface area contributed by atoms with Crippen LogP contribution in [0.15, 0.2) is 53.6 Å². The average molecular weight is 229 g/mol. The highest BCUT2D eigenvalue weighted by Gasteiger charge is 2.38. The minimum atomic E-state index is 0.640. The van der Waals surface area contributed by atoms with Crippen LogP contribution >= 0.6 is 11.8 Å². The lowest BCUT2D eigenvalue weighted by Crippen LogP contribution is -2.16. The Kier molecular flexibility index (Phi) is 2.75. The van der Waals surface area contributed by atoms with Crippen molar-refractivity contribution in [3.05, 3.63) is 59.2 Å². The van der Waals surface area contributed by atoms with Crippen molar-refractivity contribution in [2.24, 2.45) is 0 Å². The molecule has 1 heterocycles. The van der Waals surface area contributed by atoms with Crippen molar-refractivity contribution in [2.45, 2.75) is 18.4 Å². The number of benzene rings is 1. The van der Waals surface area contributed by atoms with Gasteiger partial charge in [-0.2, -0.15) is 0 Å². The van der Waals surface area contributed by atoms with E-state index in [1.165, 1.54) is 17.7 Å². The summed E-state index contributed by atoms with van der Waals surface area (Å²) in [6.07, 6.45) is 5.71. The molecule has 1 aliphatic carbocycles. The van der Waals surface area contributed by atoms with Gasteiger partial charge < -0.3 is 5.32 Å². The largest absolute Gasteiger partial charge is 0.382 e. The zero-order valence-electron chi connectivity index (χ0n) is 9.10. The molecule has 1 fully saturated rings. The second-order valence-electron chi connectivity index (χ2n) is 4.30. The first kappa shape index (κ1) is 10.0. The third kappa shape index (κ3) is 2.17. The van der Waals surface area contributed by atoms with E-state index >= 15 is 0 Å². The van der Waals surface area contributed by atoms with Gasteiger partial charge in [0.25, 0.3) is 0 Å². The molecule has 3 rings (SSSR count). The first-order valence-corrected chi connectivity index (χ1v) is 6.78. The van der Waals surface area contributed by atoms with Gasteiger partial charge in [0.1, 0.15) is 0 Å². The fourth-order valence-electron chi connectivity index (χ4n) is 2.13. The Morgan fingerprint density at radius 2 is 2.06 bits per heavy atom. The molecule has 1 N–H and O–H groups in total. The van der Waals surface area contributed by atoms with E-state index in [0.29, 0.717) is 12.0 Å². The minimum absolute atomic E-state index is 0.640. The van der Waals surface area contributed by atoms with E-state index in [0.717, 1.165) is 5.75 Å². The molecule has 0 saturated heterocycles. The molecule has 2 atom stereocenters. The third-order valence-electron chi connectivity index (χ3n) is 3.11. The van der Waals surface area contributed by atoms with Crippen LogP contribution in [0.5, 0.6) is 0 Å². The number of allylic oxidation sites excluding steroid dienone is 1. The summed E-state index contributed by atoms with van der Waals surface area (Å²) < 4.78 is 0. The molecule has 2 unspecified atom stereocenters. The molecule has 0 spiro atoms. The van der Waals surface area contributed by atoms with Crippen molar-refractivity contribution in [1.82, 2.24) is 5.32 Å². The van der Waals surface area contributed by atoms with E-state index in [1.54, 1.807) is 0 Å². The Balaban J connectivity index is 1.60. The predicted molar refractivity (Wildman–Crippen MR) is 70.4 cm³/mol. The monoisotopic (exact) mass is 229 g/mol. The maximum atomic E-state index is 3.60. The van der Waals surface area contributed by atoms with Crippen molar-refractivity contribution in [2.75, 3.05) is 5.75 Å². The summed E-state index contributed by atoms with van der Waals surface area (Å²) in [7, 11) is 0. The standard InChI is InChI=1S/C14H15NS/c1-2-4-11(5-3-1)13-10-14(13)15-12-6-8-16-9-7-12/h1-8,13-15H,9-10H2. The van der Waals surface area contributed by atoms with Crippen LogP contribution in [0, 0.1) is 0 Å². The van der Waals surface area contributed by atoms with Gasteiger partial charge in [-0.25, -0.2) is 0 Å². The topological polar surface area (TPSA) is 12.0 Å². The second kappa shape index (κ2) is 4.38. The number of nitrogens with one attached hydrogen (secondary N) is 1. The Morgan fingerprint density at radius 1 is 1.19 bits per heavy atom. The van der Waals surface area contributed by atoms with Crippen molar-refractivity contribution in [3.63, 3.8) is 0 Å². The Hall–Kier alpha value is -1.15. The number of rotatable bonds is 3. The fraction of sp³-hybridized carbons (Fsp3) is 0.286. The molecule has 1 saturated carbocycles. The molecule has 0 radical (unpaired) electrons. The Morgan fingerprint density at radius 3 is 2.81 bits per heavy atom. The zero-order chi connectivity index (χ0) is 10.8. The molecule has 0 bridgehead atoms. The smallest absolute Gasteiger partial charge is 0.0337 e. The SMILES string of the molecule is C1=CC(NC2CC2c2ccccc2)=CCS1. The summed E-state index contributed by atoms with van der Waals surface area (Å²) >= 11 is 1.85. The summed E-state index contributed by atoms with van der Waals surface area (Å²) in [5, 5.41) is 5.77. The van der Waals surface area contributed by atoms with E-state index in [1.807, 2.05) is 11.8 Å². The first-order chi connectivity index (χ1) is 7.93. The second-order valence-corrected chi connectivity index (χ2v) is 5.24. The maximum absolute atomic E-state index is 3.60. The van der Waals surface area contributed by atoms with Gasteiger partial charge in [0.15, 0.2) is 0 Å². The number of hydrogen-bond acceptors (Lipinski definition) is 2. The van der Waals surface area contributed by atoms with Gasteiger partial charge in [0.2, 0.25) is 0 Å². The predicted octanol–water partition coefficient (Wildman–Crippen LogP) is 3.28. The lowest BCUT2D eigenvalue weighted by atomic mass is 10.1. The van der Waals surface area contributed by atoms with Crippen LogP contribution in [-0.2, 0) is 0 Å². The van der Waals surface area contributed by atoms with Crippen molar-refractivity contribution in [1.29, 1.82) is 0 Å². The molecule has 1 nitrogen and oxygen atoms in total. The van der Waals surface area contributed by atoms with Crippen LogP contribution in [0.2, 0.25) is 0 Å². The lowest BCUT2D eigenvalue weighted by molar-refractivity contribution is 0.796. The molecule has 2 heteroatoms. The van der Waals surface area contributed by atoms with Gasteiger partial charge >= 0.3 is 0 Å². The molecule has 0 aromatic heterocycles. The van der Waals surface area contributed by atoms with Gasteiger partial charge in [0, 0.05) is 23.4 Å². The van der Waals surface area contributed by atoms with Gasteiger partial charge in [-0.15, -0.1) is 11.8 Å². The van der Waals surface area contributed by atoms with E-state index < -0.39 is 0 Å². The lowest BCUT2D eigenvalue weighted by Gasteiger charge is -2.09. The van der Waals surface area contributed by atoms with Crippen LogP contribution in [0.4, 0.5) is 0 Å². The molecule has 1 aromatic rings. The maximum Gasteiger partial charge on any atom is 0.0337 e. The average Bonchev–Trinajstić information content (AvgIpc) is 3.11. The molecule has 1 aromatic carbocycles. The number of thioether (sulfide) groups is 1. The van der Waals surface area contributed by atoms with Gasteiger partial charge in [0.05, 0.1) is 0 Å². The Bertz CT molecular complexity index is 422. The van der Waals surface area contributed by atoms with Gasteiger partial charge in [-0.05, 0) is 23.5 Å². The van der Waals surface area contributed by atoms with Crippen LogP contribution in [0.25, 0.3) is 0 Å². The summed E-state index contributed by atoms with van der Waals surface area (Å²) in [4.78, 5) is 0. The molecule has 1 aliphatic heterocycles. The van der Waals surface area contributed by atoms with Crippen LogP contribution in [0.1, 0.15) is 17.9 Å². The van der Waals surface area contributed by atoms with Crippen molar-refractivity contribution >= 4 is 11.8 Å². The molecule has 16 heavy (non-hydrogen) atoms. The van der Waals surface area contributed by atoms with Crippen LogP contribution < -0.4 is 5.32 Å². The van der Waals surface area contributed by atoms with E-state index in [9.17, 15) is 0 Å². The van der Waals surface area contributed by atoms with Gasteiger partial charge in [-0.1, -0.05) is 36.4 Å². The zero-order valence-corrected chi connectivity index (χ0v) is 9.91. The van der Waals surface area contributed by atoms with Gasteiger partial charge in [-0.3, -0.25) is 0 Å².